The van der Waals surface area contributed by atoms with Gasteiger partial charge in [0.05, 0.1) is 7.11 Å². The van der Waals surface area contributed by atoms with Crippen LogP contribution in [0, 0.1) is 6.92 Å². The molecule has 0 unspecified atom stereocenters. The second-order valence-electron chi connectivity index (χ2n) is 4.31. The summed E-state index contributed by atoms with van der Waals surface area (Å²) in [6.07, 6.45) is 0. The molecule has 0 fully saturated rings. The number of hydrogen-bond acceptors (Lipinski definition) is 2. The second-order valence-corrected chi connectivity index (χ2v) is 4.31. The zero-order valence-corrected chi connectivity index (χ0v) is 9.99. The van der Waals surface area contributed by atoms with Crippen molar-refractivity contribution >= 4 is 0 Å². The third-order valence-corrected chi connectivity index (χ3v) is 3.12. The molecule has 1 aliphatic heterocycles. The summed E-state index contributed by atoms with van der Waals surface area (Å²) in [5.41, 5.74) is 4.85. The van der Waals surface area contributed by atoms with Crippen molar-refractivity contribution in [1.29, 1.82) is 0 Å². The lowest BCUT2D eigenvalue weighted by Crippen LogP contribution is -2.05. The average molecular weight is 226 g/mol. The maximum atomic E-state index is 5.75. The highest BCUT2D eigenvalue weighted by Crippen LogP contribution is 2.39. The largest absolute Gasteiger partial charge is 0.497 e. The third kappa shape index (κ3) is 1.66. The van der Waals surface area contributed by atoms with E-state index in [0.717, 1.165) is 11.5 Å². The quantitative estimate of drug-likeness (QED) is 0.740. The van der Waals surface area contributed by atoms with E-state index in [4.69, 9.17) is 9.47 Å². The Balaban J connectivity index is 2.19. The molecule has 0 saturated heterocycles. The second kappa shape index (κ2) is 3.81. The highest BCUT2D eigenvalue weighted by molar-refractivity contribution is 5.76. The van der Waals surface area contributed by atoms with E-state index in [1.165, 1.54) is 22.3 Å². The number of aryl methyl sites for hydroxylation is 1. The fraction of sp³-hybridized carbons (Fsp3) is 0.200. The maximum absolute atomic E-state index is 5.75. The number of hydrogen-bond donors (Lipinski definition) is 0. The van der Waals surface area contributed by atoms with Crippen LogP contribution in [0.3, 0.4) is 0 Å². The molecule has 0 aromatic heterocycles. The lowest BCUT2D eigenvalue weighted by atomic mass is 9.95. The van der Waals surface area contributed by atoms with Crippen LogP contribution >= 0.6 is 0 Å². The topological polar surface area (TPSA) is 18.5 Å². The molecule has 3 rings (SSSR count). The molecule has 1 aliphatic rings. The lowest BCUT2D eigenvalue weighted by molar-refractivity contribution is 0.301. The van der Waals surface area contributed by atoms with E-state index in [-0.39, 0.29) is 0 Å². The Hall–Kier alpha value is -1.96. The molecule has 17 heavy (non-hydrogen) atoms. The zero-order valence-electron chi connectivity index (χ0n) is 9.99. The highest BCUT2D eigenvalue weighted by Gasteiger charge is 2.17. The molecule has 86 valence electrons. The van der Waals surface area contributed by atoms with Crippen LogP contribution < -0.4 is 9.47 Å². The highest BCUT2D eigenvalue weighted by atomic mass is 16.5. The maximum Gasteiger partial charge on any atom is 0.127 e. The summed E-state index contributed by atoms with van der Waals surface area (Å²) >= 11 is 0. The molecule has 2 heteroatoms. The third-order valence-electron chi connectivity index (χ3n) is 3.12. The van der Waals surface area contributed by atoms with Gasteiger partial charge in [-0.3, -0.25) is 0 Å². The van der Waals surface area contributed by atoms with Crippen LogP contribution in [0.1, 0.15) is 11.1 Å². The predicted molar refractivity (Wildman–Crippen MR) is 67.5 cm³/mol. The van der Waals surface area contributed by atoms with Gasteiger partial charge in [0.1, 0.15) is 18.1 Å². The van der Waals surface area contributed by atoms with Gasteiger partial charge in [-0.25, -0.2) is 0 Å². The first kappa shape index (κ1) is 10.2. The monoisotopic (exact) mass is 226 g/mol. The number of benzene rings is 2. The minimum absolute atomic E-state index is 0.614. The Morgan fingerprint density at radius 2 is 1.94 bits per heavy atom. The van der Waals surface area contributed by atoms with Gasteiger partial charge in [0, 0.05) is 11.1 Å². The normalized spacial score (nSPS) is 12.4. The Bertz CT molecular complexity index is 573. The average Bonchev–Trinajstić information content (AvgIpc) is 2.37. The first-order valence-electron chi connectivity index (χ1n) is 5.68. The predicted octanol–water partition coefficient (Wildman–Crippen LogP) is 3.56. The van der Waals surface area contributed by atoms with Gasteiger partial charge in [-0.1, -0.05) is 17.7 Å². The van der Waals surface area contributed by atoms with Crippen molar-refractivity contribution in [2.24, 2.45) is 0 Å². The number of ether oxygens (including phenoxy) is 2. The fourth-order valence-corrected chi connectivity index (χ4v) is 2.21. The van der Waals surface area contributed by atoms with E-state index in [2.05, 4.69) is 25.1 Å². The van der Waals surface area contributed by atoms with Crippen molar-refractivity contribution in [2.75, 3.05) is 7.11 Å². The SMILES string of the molecule is COc1ccc2c(c1)COc1ccc(C)cc1-2. The van der Waals surface area contributed by atoms with Crippen molar-refractivity contribution in [3.8, 4) is 22.6 Å². The van der Waals surface area contributed by atoms with E-state index in [1.807, 2.05) is 18.2 Å². The van der Waals surface area contributed by atoms with Gasteiger partial charge >= 0.3 is 0 Å². The van der Waals surface area contributed by atoms with Gasteiger partial charge in [0.15, 0.2) is 0 Å². The molecule has 0 aliphatic carbocycles. The number of fused-ring (bicyclic) bond motifs is 3. The Labute approximate surface area is 101 Å². The summed E-state index contributed by atoms with van der Waals surface area (Å²) in [7, 11) is 1.68. The van der Waals surface area contributed by atoms with Crippen molar-refractivity contribution in [2.45, 2.75) is 13.5 Å². The van der Waals surface area contributed by atoms with Crippen LogP contribution in [-0.4, -0.2) is 7.11 Å². The van der Waals surface area contributed by atoms with Crippen LogP contribution in [-0.2, 0) is 6.61 Å². The first-order chi connectivity index (χ1) is 8.28. The molecule has 2 nitrogen and oxygen atoms in total. The molecule has 2 aromatic carbocycles. The Morgan fingerprint density at radius 1 is 1.06 bits per heavy atom. The van der Waals surface area contributed by atoms with E-state index in [1.54, 1.807) is 7.11 Å². The smallest absolute Gasteiger partial charge is 0.127 e. The van der Waals surface area contributed by atoms with Crippen LogP contribution in [0.2, 0.25) is 0 Å². The molecule has 0 N–H and O–H groups in total. The standard InChI is InChI=1S/C15H14O2/c1-10-3-6-15-14(7-10)13-5-4-12(16-2)8-11(13)9-17-15/h3-8H,9H2,1-2H3. The van der Waals surface area contributed by atoms with E-state index in [0.29, 0.717) is 6.61 Å². The Morgan fingerprint density at radius 3 is 2.76 bits per heavy atom. The summed E-state index contributed by atoms with van der Waals surface area (Å²) in [5.74, 6) is 1.84. The fourth-order valence-electron chi connectivity index (χ4n) is 2.21. The minimum atomic E-state index is 0.614. The molecule has 0 bridgehead atoms. The van der Waals surface area contributed by atoms with Crippen LogP contribution in [0.4, 0.5) is 0 Å². The molecule has 0 saturated carbocycles. The zero-order chi connectivity index (χ0) is 11.8. The Kier molecular flexibility index (Phi) is 2.29. The summed E-state index contributed by atoms with van der Waals surface area (Å²) in [5, 5.41) is 0. The van der Waals surface area contributed by atoms with Gasteiger partial charge in [0.25, 0.3) is 0 Å². The van der Waals surface area contributed by atoms with Crippen molar-refractivity contribution in [3.63, 3.8) is 0 Å². The summed E-state index contributed by atoms with van der Waals surface area (Å²) < 4.78 is 11.0. The summed E-state index contributed by atoms with van der Waals surface area (Å²) in [6, 6.07) is 12.4. The van der Waals surface area contributed by atoms with Crippen molar-refractivity contribution in [3.05, 3.63) is 47.5 Å². The van der Waals surface area contributed by atoms with E-state index < -0.39 is 0 Å². The summed E-state index contributed by atoms with van der Waals surface area (Å²) in [4.78, 5) is 0. The number of methoxy groups -OCH3 is 1. The minimum Gasteiger partial charge on any atom is -0.497 e. The van der Waals surface area contributed by atoms with Gasteiger partial charge in [0.2, 0.25) is 0 Å². The number of rotatable bonds is 1. The van der Waals surface area contributed by atoms with E-state index in [9.17, 15) is 0 Å². The molecule has 1 heterocycles. The van der Waals surface area contributed by atoms with Crippen molar-refractivity contribution in [1.82, 2.24) is 0 Å². The van der Waals surface area contributed by atoms with E-state index >= 15 is 0 Å². The molecule has 2 aromatic rings. The van der Waals surface area contributed by atoms with Gasteiger partial charge in [-0.05, 0) is 36.8 Å². The van der Waals surface area contributed by atoms with Crippen LogP contribution in [0.5, 0.6) is 11.5 Å². The molecule has 0 amide bonds. The molecule has 0 radical (unpaired) electrons. The van der Waals surface area contributed by atoms with Gasteiger partial charge in [-0.15, -0.1) is 0 Å². The van der Waals surface area contributed by atoms with Crippen LogP contribution in [0.15, 0.2) is 36.4 Å². The van der Waals surface area contributed by atoms with Crippen LogP contribution in [0.25, 0.3) is 11.1 Å². The van der Waals surface area contributed by atoms with Gasteiger partial charge < -0.3 is 9.47 Å². The molecular weight excluding hydrogens is 212 g/mol. The van der Waals surface area contributed by atoms with Crippen molar-refractivity contribution < 1.29 is 9.47 Å². The molecule has 0 spiro atoms. The lowest BCUT2D eigenvalue weighted by Gasteiger charge is -2.21. The first-order valence-corrected chi connectivity index (χ1v) is 5.68. The summed E-state index contributed by atoms with van der Waals surface area (Å²) in [6.45, 7) is 2.71. The molecule has 0 atom stereocenters. The molecular formula is C15H14O2. The van der Waals surface area contributed by atoms with Gasteiger partial charge in [-0.2, -0.15) is 0 Å².